The van der Waals surface area contributed by atoms with E-state index in [0.717, 1.165) is 31.4 Å². The van der Waals surface area contributed by atoms with Crippen LogP contribution in [0.15, 0.2) is 42.0 Å². The van der Waals surface area contributed by atoms with Crippen LogP contribution in [0.4, 0.5) is 0 Å². The van der Waals surface area contributed by atoms with Crippen LogP contribution in [-0.2, 0) is 18.7 Å². The molecule has 0 fully saturated rings. The van der Waals surface area contributed by atoms with Gasteiger partial charge in [0.05, 0.1) is 5.57 Å². The summed E-state index contributed by atoms with van der Waals surface area (Å²) in [7, 11) is -1.79. The number of carbonyl (C=O) groups is 1. The highest BCUT2D eigenvalue weighted by molar-refractivity contribution is 6.83. The molecule has 1 unspecified atom stereocenters. The van der Waals surface area contributed by atoms with Crippen LogP contribution < -0.4 is 0 Å². The van der Waals surface area contributed by atoms with E-state index in [1.807, 2.05) is 36.4 Å². The van der Waals surface area contributed by atoms with Crippen LogP contribution in [0.1, 0.15) is 51.7 Å². The summed E-state index contributed by atoms with van der Waals surface area (Å²) in [5.41, 5.74) is 4.89. The fourth-order valence-electron chi connectivity index (χ4n) is 2.75. The van der Waals surface area contributed by atoms with Crippen molar-refractivity contribution in [1.82, 2.24) is 0 Å². The van der Waals surface area contributed by atoms with Crippen LogP contribution in [0.25, 0.3) is 0 Å². The van der Waals surface area contributed by atoms with E-state index in [0.29, 0.717) is 5.57 Å². The van der Waals surface area contributed by atoms with Gasteiger partial charge in [0, 0.05) is 26.2 Å². The molecular weight excluding hydrogens is 468 g/mol. The van der Waals surface area contributed by atoms with Crippen molar-refractivity contribution < 1.29 is 18.7 Å². The molecule has 1 rings (SSSR count). The molecule has 6 heteroatoms. The Morgan fingerprint density at radius 1 is 1.06 bits per heavy atom. The van der Waals surface area contributed by atoms with Gasteiger partial charge in [0.25, 0.3) is 0 Å². The molecule has 4 nitrogen and oxygen atoms in total. The van der Waals surface area contributed by atoms with Gasteiger partial charge in [0.2, 0.25) is 0 Å². The largest absolute Gasteiger partial charge is 0.450 e. The number of unbranched alkanes of at least 4 members (excludes halogenated alkanes) is 2. The number of hydrogen-bond donors (Lipinski definition) is 0. The van der Waals surface area contributed by atoms with E-state index in [1.54, 1.807) is 0 Å². The van der Waals surface area contributed by atoms with Gasteiger partial charge in [-0.15, -0.1) is 5.54 Å². The zero-order valence-corrected chi connectivity index (χ0v) is 25.2. The van der Waals surface area contributed by atoms with Gasteiger partial charge in [0.15, 0.2) is 14.4 Å². The van der Waals surface area contributed by atoms with Gasteiger partial charge in [-0.05, 0) is 36.5 Å². The maximum Gasteiger partial charge on any atom is 0.333 e. The maximum atomic E-state index is 12.3. The molecule has 0 saturated carbocycles. The first-order valence-electron chi connectivity index (χ1n) is 12.4. The summed E-state index contributed by atoms with van der Waals surface area (Å²) < 4.78 is 17.0. The van der Waals surface area contributed by atoms with Crippen molar-refractivity contribution in [3.63, 3.8) is 0 Å². The van der Waals surface area contributed by atoms with E-state index in [9.17, 15) is 4.79 Å². The Hall–Kier alpha value is -2.10. The van der Waals surface area contributed by atoms with E-state index in [-0.39, 0.29) is 11.6 Å². The number of allylic oxidation sites excluding steroid dienone is 1. The number of carbonyl (C=O) groups excluding carboxylic acids is 1. The van der Waals surface area contributed by atoms with E-state index in [1.165, 1.54) is 7.11 Å². The van der Waals surface area contributed by atoms with Crippen molar-refractivity contribution in [2.75, 3.05) is 20.3 Å². The molecule has 0 aliphatic rings. The maximum absolute atomic E-state index is 12.3. The van der Waals surface area contributed by atoms with Crippen LogP contribution >= 0.6 is 0 Å². The Bertz CT molecular complexity index is 946. The van der Waals surface area contributed by atoms with Gasteiger partial charge < -0.3 is 13.9 Å². The van der Waals surface area contributed by atoms with Gasteiger partial charge >= 0.3 is 5.97 Å². The van der Waals surface area contributed by atoms with Crippen LogP contribution in [-0.4, -0.2) is 42.7 Å². The topological polar surface area (TPSA) is 44.8 Å². The highest BCUT2D eigenvalue weighted by Gasteiger charge is 2.36. The molecule has 0 heterocycles. The summed E-state index contributed by atoms with van der Waals surface area (Å²) in [6.07, 6.45) is 3.86. The van der Waals surface area contributed by atoms with Crippen molar-refractivity contribution in [3.8, 4) is 23.3 Å². The van der Waals surface area contributed by atoms with Gasteiger partial charge in [-0.1, -0.05) is 88.5 Å². The zero-order valence-electron chi connectivity index (χ0n) is 23.2. The lowest BCUT2D eigenvalue weighted by Crippen LogP contribution is -2.40. The van der Waals surface area contributed by atoms with Crippen LogP contribution in [0.3, 0.4) is 0 Å². The minimum absolute atomic E-state index is 0.112. The number of esters is 1. The zero-order chi connectivity index (χ0) is 26.5. The molecule has 35 heavy (non-hydrogen) atoms. The number of ether oxygens (including phenoxy) is 2. The Labute approximate surface area is 216 Å². The molecule has 0 radical (unpaired) electrons. The molecule has 0 amide bonds. The summed E-state index contributed by atoms with van der Waals surface area (Å²) in [6, 6.07) is 9.65. The van der Waals surface area contributed by atoms with Gasteiger partial charge in [-0.3, -0.25) is 0 Å². The Morgan fingerprint density at radius 2 is 1.71 bits per heavy atom. The van der Waals surface area contributed by atoms with E-state index in [2.05, 4.69) is 76.8 Å². The molecule has 0 aliphatic heterocycles. The average Bonchev–Trinajstić information content (AvgIpc) is 2.75. The second-order valence-electron chi connectivity index (χ2n) is 11.2. The molecule has 192 valence electrons. The molecule has 0 N–H and O–H groups in total. The third-order valence-electron chi connectivity index (χ3n) is 5.77. The van der Waals surface area contributed by atoms with Crippen molar-refractivity contribution in [2.45, 2.75) is 83.9 Å². The van der Waals surface area contributed by atoms with Crippen molar-refractivity contribution in [2.24, 2.45) is 0 Å². The first-order chi connectivity index (χ1) is 16.3. The fraction of sp³-hybridized carbons (Fsp3) is 0.552. The molecule has 0 aromatic heterocycles. The van der Waals surface area contributed by atoms with E-state index in [4.69, 9.17) is 13.9 Å². The Kier molecular flexibility index (Phi) is 12.8. The molecule has 0 aliphatic carbocycles. The molecular formula is C29H44O4Si2. The van der Waals surface area contributed by atoms with Gasteiger partial charge in [-0.2, -0.15) is 0 Å². The lowest BCUT2D eigenvalue weighted by molar-refractivity contribution is -0.151. The lowest BCUT2D eigenvalue weighted by atomic mass is 10.0. The molecule has 0 bridgehead atoms. The quantitative estimate of drug-likeness (QED) is 0.148. The first-order valence-corrected chi connectivity index (χ1v) is 18.8. The molecule has 0 saturated heterocycles. The first kappa shape index (κ1) is 30.9. The third-order valence-corrected chi connectivity index (χ3v) is 11.2. The highest BCUT2D eigenvalue weighted by atomic mass is 28.4. The fourth-order valence-corrected chi connectivity index (χ4v) is 4.35. The Morgan fingerprint density at radius 3 is 2.29 bits per heavy atom. The van der Waals surface area contributed by atoms with E-state index < -0.39 is 28.5 Å². The summed E-state index contributed by atoms with van der Waals surface area (Å²) >= 11 is 0. The average molecular weight is 513 g/mol. The minimum atomic E-state index is -1.71. The number of methoxy groups -OCH3 is 1. The summed E-state index contributed by atoms with van der Waals surface area (Å²) in [6.45, 7) is 18.6. The molecule has 1 atom stereocenters. The number of benzene rings is 1. The third kappa shape index (κ3) is 12.4. The lowest BCUT2D eigenvalue weighted by Gasteiger charge is -2.36. The summed E-state index contributed by atoms with van der Waals surface area (Å²) in [4.78, 5) is 12.3. The predicted octanol–water partition coefficient (Wildman–Crippen LogP) is 6.92. The monoisotopic (exact) mass is 512 g/mol. The molecule has 0 spiro atoms. The summed E-state index contributed by atoms with van der Waals surface area (Å²) in [5.74, 6) is 9.28. The van der Waals surface area contributed by atoms with Crippen LogP contribution in [0.2, 0.25) is 37.8 Å². The molecule has 1 aromatic rings. The van der Waals surface area contributed by atoms with Crippen LogP contribution in [0.5, 0.6) is 0 Å². The molecule has 1 aromatic carbocycles. The Balaban J connectivity index is 3.02. The van der Waals surface area contributed by atoms with Crippen LogP contribution in [0, 0.1) is 23.3 Å². The smallest absolute Gasteiger partial charge is 0.333 e. The number of rotatable bonds is 10. The second kappa shape index (κ2) is 14.5. The minimum Gasteiger partial charge on any atom is -0.450 e. The van der Waals surface area contributed by atoms with Crippen molar-refractivity contribution >= 4 is 22.4 Å². The standard InChI is InChI=1S/C29H44O4Si2/c1-29(2,3)35(8,9)32-22-16-11-10-13-18-26(21-17-23-34(5,6)7)28(33-27(30)24-31-4)25-19-14-12-15-20-25/h12,14-15,19-21,28H,10-11,16,22,24H2,1-9H3/b26-21-. The van der Waals surface area contributed by atoms with Gasteiger partial charge in [0.1, 0.15) is 14.7 Å². The van der Waals surface area contributed by atoms with E-state index >= 15 is 0 Å². The number of hydrogen-bond acceptors (Lipinski definition) is 4. The van der Waals surface area contributed by atoms with Crippen molar-refractivity contribution in [1.29, 1.82) is 0 Å². The van der Waals surface area contributed by atoms with Crippen molar-refractivity contribution in [3.05, 3.63) is 47.5 Å². The second-order valence-corrected chi connectivity index (χ2v) is 20.8. The predicted molar refractivity (Wildman–Crippen MR) is 151 cm³/mol. The normalized spacial score (nSPS) is 13.2. The SMILES string of the molecule is COCC(=O)OC(/C(C#CCCCCO[Si](C)(C)C(C)(C)C)=C\C#C[Si](C)(C)C)c1ccccc1. The van der Waals surface area contributed by atoms with Gasteiger partial charge in [-0.25, -0.2) is 4.79 Å². The summed E-state index contributed by atoms with van der Waals surface area (Å²) in [5, 5.41) is 0.218. The highest BCUT2D eigenvalue weighted by Crippen LogP contribution is 2.36.